The molecule has 0 radical (unpaired) electrons. The molecule has 13 N–H and O–H groups in total. The van der Waals surface area contributed by atoms with Crippen LogP contribution in [0.4, 0.5) is 22.7 Å². The van der Waals surface area contributed by atoms with Crippen molar-refractivity contribution in [3.8, 4) is 22.5 Å². The fourth-order valence-electron chi connectivity index (χ4n) is 7.55. The third-order valence-electron chi connectivity index (χ3n) is 12.7. The molecule has 0 bridgehead atoms. The van der Waals surface area contributed by atoms with Crippen LogP contribution in [0.3, 0.4) is 0 Å². The molecule has 0 unspecified atom stereocenters. The Hall–Kier alpha value is -8.74. The normalized spacial score (nSPS) is 11.6. The van der Waals surface area contributed by atoms with E-state index in [4.69, 9.17) is 107 Å². The summed E-state index contributed by atoms with van der Waals surface area (Å²) in [6, 6.07) is 25.2. The van der Waals surface area contributed by atoms with E-state index in [1.165, 1.54) is 44.0 Å². The first-order chi connectivity index (χ1) is 46.4. The number of pyridine rings is 6. The third kappa shape index (κ3) is 29.9. The van der Waals surface area contributed by atoms with E-state index in [0.29, 0.717) is 83.4 Å². The maximum atomic E-state index is 12.6. The van der Waals surface area contributed by atoms with Gasteiger partial charge >= 0.3 is 13.1 Å². The third-order valence-corrected chi connectivity index (χ3v) is 14.2. The second-order valence-corrected chi connectivity index (χ2v) is 23.8. The number of carbonyl (C=O) groups is 3. The number of anilines is 4. The Morgan fingerprint density at radius 3 is 1.54 bits per heavy atom. The number of benzene rings is 2. The van der Waals surface area contributed by atoms with Crippen molar-refractivity contribution in [2.75, 3.05) is 37.0 Å². The van der Waals surface area contributed by atoms with Crippen molar-refractivity contribution in [3.63, 3.8) is 0 Å². The molecule has 20 nitrogen and oxygen atoms in total. The predicted octanol–water partition coefficient (Wildman–Crippen LogP) is 14.4. The number of carbonyl (C=O) groups excluding carboxylic acids is 3. The van der Waals surface area contributed by atoms with Gasteiger partial charge in [0.05, 0.1) is 75.8 Å². The Kier molecular flexibility index (Phi) is 37.1. The Labute approximate surface area is 601 Å². The van der Waals surface area contributed by atoms with Gasteiger partial charge in [-0.2, -0.15) is 0 Å². The Morgan fingerprint density at radius 1 is 0.612 bits per heavy atom. The van der Waals surface area contributed by atoms with E-state index in [0.717, 1.165) is 61.6 Å². The minimum atomic E-state index is -1.49. The summed E-state index contributed by atoms with van der Waals surface area (Å²) in [6.07, 6.45) is 20.6. The first-order valence-corrected chi connectivity index (χ1v) is 31.9. The molecule has 9 rings (SSSR count). The number of rotatable bonds is 17. The van der Waals surface area contributed by atoms with Crippen molar-refractivity contribution in [1.82, 2.24) is 35.2 Å². The van der Waals surface area contributed by atoms with Crippen LogP contribution in [0.25, 0.3) is 39.2 Å². The number of halogens is 6. The van der Waals surface area contributed by atoms with Gasteiger partial charge in [-0.25, -0.2) is 9.78 Å². The van der Waals surface area contributed by atoms with E-state index in [1.54, 1.807) is 82.1 Å². The van der Waals surface area contributed by atoms with Crippen LogP contribution < -0.4 is 27.8 Å². The summed E-state index contributed by atoms with van der Waals surface area (Å²) < 4.78 is 4.46. The number of nitrogen functional groups attached to an aromatic ring is 2. The van der Waals surface area contributed by atoms with Gasteiger partial charge in [0.1, 0.15) is 22.3 Å². The standard InChI is InChI=1S/C23H23ClN4O2.C14H11Cl2N.C10H14N2O2.C8H7Cl2N.C7H8N2O2.C6H5BClO2.C3H9NO/c1-14(2)18-13-26-21(16-5-4-6-17(24)9-16)10-22(18)28-20-7-8-25-12-19(20)23(30)27-11-15(3)29;1-9(2)12-8-17-14(7-13(12)16)10-4-3-5-11(15)6-10;1-7(13)2-3-10(14)8-6-12-5-4-9(8)11;1-5(2)6-4-11-8(10)3-7(6)9;1-11-7(10)5-4-9-3-2-6(5)8;8-6-3-1-2-5(4-6)7(9)10;1-3(5)2-4/h4-10,12-13,15,29H,1,11H2,2-3H3,(H,27,30)(H,25,26,28);3-8H,1H2,2H3;4-7,13H,2-3H2,1H3,(H2,11,12);3-4H,1H2,2H3;2-4H,1H3,(H2,8,9);1,3-4,9-10H;3,5H,2,4H2,1H3/q;;;;;+1;/t15-;;7-;;;;3-/m0.0...0/s1. The van der Waals surface area contributed by atoms with Crippen LogP contribution in [-0.4, -0.2) is 119 Å². The van der Waals surface area contributed by atoms with Crippen molar-refractivity contribution in [3.05, 3.63) is 254 Å². The average Bonchev–Trinajstić information content (AvgIpc) is 0.813. The molecule has 1 aliphatic rings. The lowest BCUT2D eigenvalue weighted by Gasteiger charge is -2.16. The second kappa shape index (κ2) is 43.5. The van der Waals surface area contributed by atoms with E-state index >= 15 is 0 Å². The molecule has 1 aliphatic carbocycles. The molecule has 0 fully saturated rings. The fraction of sp³-hybridized carbons (Fsp3) is 0.197. The smallest absolute Gasteiger partial charge is 0.465 e. The number of hydrogen-bond donors (Lipinski definition) is 10. The molecule has 2 aromatic carbocycles. The number of aliphatic hydroxyl groups excluding tert-OH is 3. The lowest BCUT2D eigenvalue weighted by Crippen LogP contribution is -2.31. The van der Waals surface area contributed by atoms with Gasteiger partial charge < -0.3 is 57.9 Å². The lowest BCUT2D eigenvalue weighted by atomic mass is 9.78. The SMILES string of the molecule is C=C(C)c1cnc(-c2cccc(Cl)c2)cc1Cl.C=C(C)c1cnc(-c2cccc(Cl)c2)cc1Nc1ccncc1C(=O)NC[C@H](C)O.C=C(C)c1cnc(Cl)cc1Cl.COC(=O)c1cnccc1N.C[C@H](O)CCC(=O)c1cnccc1N.C[C@H](O)CN.OB(O)C1=[C+]C=CC(Cl)=C1. The van der Waals surface area contributed by atoms with Crippen molar-refractivity contribution >= 4 is 134 Å². The quantitative estimate of drug-likeness (QED) is 0.0133. The van der Waals surface area contributed by atoms with Crippen molar-refractivity contribution in [1.29, 1.82) is 0 Å². The summed E-state index contributed by atoms with van der Waals surface area (Å²) in [5, 5.41) is 53.4. The van der Waals surface area contributed by atoms with Crippen LogP contribution in [0, 0.1) is 6.08 Å². The molecular weight excluding hydrogens is 1370 g/mol. The zero-order valence-corrected chi connectivity index (χ0v) is 59.4. The van der Waals surface area contributed by atoms with E-state index in [2.05, 4.69) is 71.1 Å². The number of nitrogens with zero attached hydrogens (tertiary/aromatic N) is 6. The number of Topliss-reactive ketones (excluding diaryl/α,β-unsaturated/α-hetero) is 1. The highest BCUT2D eigenvalue weighted by Gasteiger charge is 2.22. The van der Waals surface area contributed by atoms with Crippen LogP contribution in [-0.2, 0) is 4.74 Å². The summed E-state index contributed by atoms with van der Waals surface area (Å²) in [5.74, 6) is -0.861. The van der Waals surface area contributed by atoms with Gasteiger partial charge in [0.15, 0.2) is 10.8 Å². The van der Waals surface area contributed by atoms with Crippen LogP contribution >= 0.6 is 69.6 Å². The molecule has 6 aromatic heterocycles. The fourth-order valence-corrected chi connectivity index (χ4v) is 8.95. The van der Waals surface area contributed by atoms with Gasteiger partial charge in [-0.3, -0.25) is 34.5 Å². The number of nitrogens with two attached hydrogens (primary N) is 3. The van der Waals surface area contributed by atoms with E-state index in [-0.39, 0.29) is 29.8 Å². The number of aliphatic hydroxyl groups is 3. The molecule has 8 aromatic rings. The summed E-state index contributed by atoms with van der Waals surface area (Å²) in [4.78, 5) is 59.4. The monoisotopic (exact) mass is 1450 g/mol. The topological polar surface area (TPSA) is 341 Å². The first kappa shape index (κ1) is 83.5. The van der Waals surface area contributed by atoms with Gasteiger partial charge in [0.2, 0.25) is 0 Å². The number of hydrogen-bond acceptors (Lipinski definition) is 19. The van der Waals surface area contributed by atoms with Crippen molar-refractivity contribution in [2.24, 2.45) is 5.73 Å². The largest absolute Gasteiger partial charge is 0.526 e. The maximum absolute atomic E-state index is 12.6. The highest BCUT2D eigenvalue weighted by molar-refractivity contribution is 6.52. The number of amides is 1. The lowest BCUT2D eigenvalue weighted by molar-refractivity contribution is 0.0601. The molecule has 0 aliphatic heterocycles. The minimum absolute atomic E-state index is 0.0727. The van der Waals surface area contributed by atoms with Crippen LogP contribution in [0.1, 0.15) is 102 Å². The Morgan fingerprint density at radius 2 is 1.10 bits per heavy atom. The highest BCUT2D eigenvalue weighted by Crippen LogP contribution is 2.33. The summed E-state index contributed by atoms with van der Waals surface area (Å²) in [7, 11) is -0.187. The molecule has 0 spiro atoms. The van der Waals surface area contributed by atoms with Gasteiger partial charge in [-0.05, 0) is 125 Å². The van der Waals surface area contributed by atoms with Gasteiger partial charge in [-0.1, -0.05) is 114 Å². The molecule has 0 saturated carbocycles. The zero-order chi connectivity index (χ0) is 73.2. The predicted molar refractivity (Wildman–Crippen MR) is 399 cm³/mol. The number of methoxy groups -OCH3 is 1. The summed E-state index contributed by atoms with van der Waals surface area (Å²) in [5.41, 5.74) is 28.1. The zero-order valence-electron chi connectivity index (χ0n) is 54.8. The average molecular weight is 1450 g/mol. The second-order valence-electron chi connectivity index (χ2n) is 21.3. The first-order valence-electron chi connectivity index (χ1n) is 29.6. The van der Waals surface area contributed by atoms with Gasteiger partial charge in [0.25, 0.3) is 5.91 Å². The van der Waals surface area contributed by atoms with Gasteiger partial charge in [-0.15, -0.1) is 0 Å². The molecule has 1 amide bonds. The van der Waals surface area contributed by atoms with E-state index < -0.39 is 25.3 Å². The number of aromatic nitrogens is 6. The maximum Gasteiger partial charge on any atom is 0.526 e. The number of ketones is 1. The number of esters is 1. The molecule has 0 saturated heterocycles. The number of nitrogens with one attached hydrogen (secondary N) is 2. The highest BCUT2D eigenvalue weighted by atomic mass is 35.5. The van der Waals surface area contributed by atoms with Crippen LogP contribution in [0.5, 0.6) is 0 Å². The molecule has 27 heteroatoms. The molecule has 3 atom stereocenters. The van der Waals surface area contributed by atoms with Crippen LogP contribution in [0.2, 0.25) is 25.2 Å². The molecule has 514 valence electrons. The Balaban J connectivity index is 0.000000317. The Bertz CT molecular complexity index is 4100. The van der Waals surface area contributed by atoms with Crippen molar-refractivity contribution < 1.29 is 44.5 Å². The number of allylic oxidation sites excluding steroid dienone is 9. The van der Waals surface area contributed by atoms with Crippen molar-refractivity contribution in [2.45, 2.75) is 72.7 Å². The molecular formula is C71H77BCl6N11O9+. The van der Waals surface area contributed by atoms with E-state index in [1.807, 2.05) is 81.4 Å². The van der Waals surface area contributed by atoms with Gasteiger partial charge in [0, 0.05) is 136 Å². The summed E-state index contributed by atoms with van der Waals surface area (Å²) >= 11 is 35.2. The molecule has 98 heavy (non-hydrogen) atoms. The number of ether oxygens (including phenoxy) is 1. The summed E-state index contributed by atoms with van der Waals surface area (Å²) in [6.45, 7) is 22.7. The minimum Gasteiger partial charge on any atom is -0.465 e. The molecule has 6 heterocycles. The van der Waals surface area contributed by atoms with E-state index in [9.17, 15) is 19.5 Å². The van der Waals surface area contributed by atoms with Crippen LogP contribution in [0.15, 0.2) is 189 Å².